The van der Waals surface area contributed by atoms with Crippen molar-refractivity contribution in [3.05, 3.63) is 77.5 Å². The third-order valence-corrected chi connectivity index (χ3v) is 6.21. The molecule has 0 bridgehead atoms. The highest BCUT2D eigenvalue weighted by Gasteiger charge is 2.21. The number of pyridine rings is 1. The molecule has 0 aliphatic heterocycles. The summed E-state index contributed by atoms with van der Waals surface area (Å²) >= 11 is 0. The summed E-state index contributed by atoms with van der Waals surface area (Å²) in [6.45, 7) is 3.83. The van der Waals surface area contributed by atoms with Crippen molar-refractivity contribution in [3.8, 4) is 17.7 Å². The Morgan fingerprint density at radius 3 is 2.29 bits per heavy atom. The van der Waals surface area contributed by atoms with Crippen LogP contribution in [0.15, 0.2) is 65.7 Å². The van der Waals surface area contributed by atoms with Gasteiger partial charge in [0.2, 0.25) is 5.88 Å². The second-order valence-corrected chi connectivity index (χ2v) is 8.28. The largest absolute Gasteiger partial charge is 0.439 e. The van der Waals surface area contributed by atoms with E-state index in [0.29, 0.717) is 22.9 Å². The lowest BCUT2D eigenvalue weighted by atomic mass is 10.1. The van der Waals surface area contributed by atoms with Gasteiger partial charge in [0.25, 0.3) is 10.0 Å². The molecule has 0 aliphatic rings. The molecule has 3 rings (SSSR count). The van der Waals surface area contributed by atoms with Crippen LogP contribution in [0.1, 0.15) is 16.7 Å². The molecule has 0 radical (unpaired) electrons. The first-order valence-corrected chi connectivity index (χ1v) is 9.95. The smallest absolute Gasteiger partial charge is 0.264 e. The normalized spacial score (nSPS) is 10.9. The second kappa shape index (κ2) is 7.71. The highest BCUT2D eigenvalue weighted by molar-refractivity contribution is 7.92. The lowest BCUT2D eigenvalue weighted by molar-refractivity contribution is 0.463. The molecule has 0 N–H and O–H groups in total. The first kappa shape index (κ1) is 19.4. The SMILES string of the molecule is Cc1ccc(S(=O)(=O)N(C)c2ccc(Oc3ccc(C#N)cn3)cc2)cc1C. The van der Waals surface area contributed by atoms with E-state index in [2.05, 4.69) is 4.98 Å². The van der Waals surface area contributed by atoms with Gasteiger partial charge < -0.3 is 4.74 Å². The van der Waals surface area contributed by atoms with Gasteiger partial charge in [0, 0.05) is 19.3 Å². The summed E-state index contributed by atoms with van der Waals surface area (Å²) in [5.41, 5.74) is 2.92. The zero-order valence-electron chi connectivity index (χ0n) is 15.7. The van der Waals surface area contributed by atoms with Gasteiger partial charge in [-0.25, -0.2) is 13.4 Å². The number of rotatable bonds is 5. The molecule has 3 aromatic rings. The van der Waals surface area contributed by atoms with Crippen LogP contribution in [0.5, 0.6) is 11.6 Å². The second-order valence-electron chi connectivity index (χ2n) is 6.31. The molecule has 0 unspecified atom stereocenters. The molecule has 6 nitrogen and oxygen atoms in total. The Bertz CT molecular complexity index is 1130. The van der Waals surface area contributed by atoms with Gasteiger partial charge in [-0.15, -0.1) is 0 Å². The van der Waals surface area contributed by atoms with Gasteiger partial charge >= 0.3 is 0 Å². The van der Waals surface area contributed by atoms with Crippen molar-refractivity contribution in [1.29, 1.82) is 5.26 Å². The Labute approximate surface area is 164 Å². The summed E-state index contributed by atoms with van der Waals surface area (Å²) in [5, 5.41) is 8.79. The molecule has 1 aromatic heterocycles. The van der Waals surface area contributed by atoms with Crippen LogP contribution in [0.3, 0.4) is 0 Å². The van der Waals surface area contributed by atoms with Gasteiger partial charge in [-0.1, -0.05) is 6.07 Å². The van der Waals surface area contributed by atoms with Crippen LogP contribution in [-0.2, 0) is 10.0 Å². The number of sulfonamides is 1. The Kier molecular flexibility index (Phi) is 5.34. The Balaban J connectivity index is 1.79. The zero-order valence-corrected chi connectivity index (χ0v) is 16.6. The quantitative estimate of drug-likeness (QED) is 0.649. The molecule has 1 heterocycles. The Morgan fingerprint density at radius 2 is 1.71 bits per heavy atom. The lowest BCUT2D eigenvalue weighted by Crippen LogP contribution is -2.26. The van der Waals surface area contributed by atoms with E-state index >= 15 is 0 Å². The summed E-state index contributed by atoms with van der Waals surface area (Å²) in [6.07, 6.45) is 1.42. The molecule has 142 valence electrons. The van der Waals surface area contributed by atoms with E-state index in [1.54, 1.807) is 54.6 Å². The molecule has 2 aromatic carbocycles. The van der Waals surface area contributed by atoms with Crippen molar-refractivity contribution < 1.29 is 13.2 Å². The fourth-order valence-electron chi connectivity index (χ4n) is 2.52. The summed E-state index contributed by atoms with van der Waals surface area (Å²) in [7, 11) is -2.14. The summed E-state index contributed by atoms with van der Waals surface area (Å²) in [4.78, 5) is 4.30. The predicted octanol–water partition coefficient (Wildman–Crippen LogP) is 4.19. The zero-order chi connectivity index (χ0) is 20.3. The van der Waals surface area contributed by atoms with Crippen LogP contribution in [-0.4, -0.2) is 20.4 Å². The number of hydrogen-bond donors (Lipinski definition) is 0. The minimum Gasteiger partial charge on any atom is -0.439 e. The van der Waals surface area contributed by atoms with Crippen LogP contribution in [0.2, 0.25) is 0 Å². The molecule has 0 fully saturated rings. The van der Waals surface area contributed by atoms with Crippen LogP contribution >= 0.6 is 0 Å². The molecule has 0 amide bonds. The number of aromatic nitrogens is 1. The average Bonchev–Trinajstić information content (AvgIpc) is 2.70. The number of nitrogens with zero attached hydrogens (tertiary/aromatic N) is 3. The van der Waals surface area contributed by atoms with Gasteiger partial charge in [-0.05, 0) is 67.4 Å². The Morgan fingerprint density at radius 1 is 1.00 bits per heavy atom. The highest BCUT2D eigenvalue weighted by atomic mass is 32.2. The maximum atomic E-state index is 12.9. The third-order valence-electron chi connectivity index (χ3n) is 4.42. The van der Waals surface area contributed by atoms with E-state index < -0.39 is 10.0 Å². The van der Waals surface area contributed by atoms with Gasteiger partial charge in [0.15, 0.2) is 0 Å². The fraction of sp³-hybridized carbons (Fsp3) is 0.143. The fourth-order valence-corrected chi connectivity index (χ4v) is 3.80. The van der Waals surface area contributed by atoms with Gasteiger partial charge in [-0.2, -0.15) is 5.26 Å². The Hall–Kier alpha value is -3.37. The van der Waals surface area contributed by atoms with Crippen molar-refractivity contribution in [2.24, 2.45) is 0 Å². The molecule has 0 saturated heterocycles. The first-order chi connectivity index (χ1) is 13.3. The van der Waals surface area contributed by atoms with E-state index in [0.717, 1.165) is 11.1 Å². The van der Waals surface area contributed by atoms with Crippen LogP contribution in [0.4, 0.5) is 5.69 Å². The number of nitriles is 1. The number of ether oxygens (including phenoxy) is 1. The minimum atomic E-state index is -3.66. The molecular weight excluding hydrogens is 374 g/mol. The van der Waals surface area contributed by atoms with Crippen LogP contribution in [0.25, 0.3) is 0 Å². The molecule has 0 spiro atoms. The van der Waals surface area contributed by atoms with Crippen molar-refractivity contribution in [1.82, 2.24) is 4.98 Å². The first-order valence-electron chi connectivity index (χ1n) is 8.51. The minimum absolute atomic E-state index is 0.250. The molecule has 7 heteroatoms. The molecular formula is C21H19N3O3S. The summed E-state index contributed by atoms with van der Waals surface area (Å²) in [5.74, 6) is 0.862. The van der Waals surface area contributed by atoms with Gasteiger partial charge in [0.05, 0.1) is 16.1 Å². The van der Waals surface area contributed by atoms with Crippen molar-refractivity contribution in [3.63, 3.8) is 0 Å². The van der Waals surface area contributed by atoms with Crippen LogP contribution < -0.4 is 9.04 Å². The van der Waals surface area contributed by atoms with Crippen molar-refractivity contribution in [2.45, 2.75) is 18.7 Å². The highest BCUT2D eigenvalue weighted by Crippen LogP contribution is 2.27. The predicted molar refractivity (Wildman–Crippen MR) is 107 cm³/mol. The molecule has 0 atom stereocenters. The van der Waals surface area contributed by atoms with E-state index in [9.17, 15) is 8.42 Å². The number of hydrogen-bond acceptors (Lipinski definition) is 5. The van der Waals surface area contributed by atoms with E-state index in [-0.39, 0.29) is 4.90 Å². The molecule has 0 saturated carbocycles. The van der Waals surface area contributed by atoms with E-state index in [4.69, 9.17) is 10.00 Å². The lowest BCUT2D eigenvalue weighted by Gasteiger charge is -2.20. The summed E-state index contributed by atoms with van der Waals surface area (Å²) in [6, 6.07) is 17.0. The topological polar surface area (TPSA) is 83.3 Å². The van der Waals surface area contributed by atoms with Gasteiger partial charge in [-0.3, -0.25) is 4.31 Å². The molecule has 0 aliphatic carbocycles. The van der Waals surface area contributed by atoms with Crippen molar-refractivity contribution in [2.75, 3.05) is 11.4 Å². The van der Waals surface area contributed by atoms with E-state index in [1.807, 2.05) is 19.9 Å². The standard InChI is InChI=1S/C21H19N3O3S/c1-15-4-10-20(12-16(15)2)28(25,26)24(3)18-6-8-19(9-7-18)27-21-11-5-17(13-22)14-23-21/h4-12,14H,1-3H3. The third kappa shape index (κ3) is 3.97. The maximum Gasteiger partial charge on any atom is 0.264 e. The summed E-state index contributed by atoms with van der Waals surface area (Å²) < 4.78 is 32.6. The number of benzene rings is 2. The monoisotopic (exact) mass is 393 g/mol. The van der Waals surface area contributed by atoms with Gasteiger partial charge in [0.1, 0.15) is 11.8 Å². The number of aryl methyl sites for hydroxylation is 2. The number of anilines is 1. The molecule has 28 heavy (non-hydrogen) atoms. The van der Waals surface area contributed by atoms with Crippen molar-refractivity contribution >= 4 is 15.7 Å². The average molecular weight is 393 g/mol. The van der Waals surface area contributed by atoms with E-state index in [1.165, 1.54) is 17.5 Å². The maximum absolute atomic E-state index is 12.9. The van der Waals surface area contributed by atoms with Crippen LogP contribution in [0, 0.1) is 25.2 Å².